The number of methoxy groups -OCH3 is 1. The number of nitrogens with one attached hydrogen (secondary N) is 2. The lowest BCUT2D eigenvalue weighted by atomic mass is 10.1. The Morgan fingerprint density at radius 3 is 2.70 bits per heavy atom. The first-order chi connectivity index (χ1) is 14.7. The van der Waals surface area contributed by atoms with Crippen LogP contribution in [-0.2, 0) is 19.6 Å². The Labute approximate surface area is 177 Å². The van der Waals surface area contributed by atoms with E-state index in [1.54, 1.807) is 7.11 Å². The Hall–Kier alpha value is -3.31. The maximum atomic E-state index is 6.17. The second-order valence-corrected chi connectivity index (χ2v) is 7.35. The molecule has 0 unspecified atom stereocenters. The van der Waals surface area contributed by atoms with Gasteiger partial charge in [0.15, 0.2) is 11.5 Å². The van der Waals surface area contributed by atoms with Gasteiger partial charge < -0.3 is 19.8 Å². The summed E-state index contributed by atoms with van der Waals surface area (Å²) in [6.45, 7) is 4.10. The van der Waals surface area contributed by atoms with Gasteiger partial charge in [0.25, 0.3) is 0 Å². The Bertz CT molecular complexity index is 1090. The summed E-state index contributed by atoms with van der Waals surface area (Å²) in [5.74, 6) is 2.53. The number of fused-ring (bicyclic) bond motifs is 1. The first kappa shape index (κ1) is 20.0. The van der Waals surface area contributed by atoms with Crippen molar-refractivity contribution in [1.82, 2.24) is 15.3 Å². The number of aromatic amines is 1. The average Bonchev–Trinajstić information content (AvgIpc) is 3.18. The summed E-state index contributed by atoms with van der Waals surface area (Å²) in [5, 5.41) is 3.50. The molecule has 0 aliphatic rings. The van der Waals surface area contributed by atoms with Crippen LogP contribution >= 0.6 is 0 Å². The lowest BCUT2D eigenvalue weighted by Crippen LogP contribution is -2.18. The van der Waals surface area contributed by atoms with Crippen LogP contribution < -0.4 is 14.8 Å². The van der Waals surface area contributed by atoms with E-state index in [-0.39, 0.29) is 0 Å². The van der Waals surface area contributed by atoms with Gasteiger partial charge in [0.1, 0.15) is 12.4 Å². The molecule has 30 heavy (non-hydrogen) atoms. The van der Waals surface area contributed by atoms with E-state index in [2.05, 4.69) is 52.5 Å². The van der Waals surface area contributed by atoms with Crippen LogP contribution in [0.4, 0.5) is 0 Å². The summed E-state index contributed by atoms with van der Waals surface area (Å²) in [6, 6.07) is 22.5. The third-order valence-corrected chi connectivity index (χ3v) is 5.04. The predicted molar refractivity (Wildman–Crippen MR) is 120 cm³/mol. The molecule has 1 heterocycles. The Kier molecular flexibility index (Phi) is 6.30. The van der Waals surface area contributed by atoms with Gasteiger partial charge in [-0.3, -0.25) is 0 Å². The lowest BCUT2D eigenvalue weighted by Gasteiger charge is -2.16. The Morgan fingerprint density at radius 2 is 1.87 bits per heavy atom. The molecule has 0 saturated heterocycles. The first-order valence-electron chi connectivity index (χ1n) is 10.2. The van der Waals surface area contributed by atoms with Crippen LogP contribution in [-0.4, -0.2) is 23.6 Å². The molecule has 0 fully saturated rings. The zero-order valence-electron chi connectivity index (χ0n) is 17.4. The quantitative estimate of drug-likeness (QED) is 0.396. The zero-order chi connectivity index (χ0) is 20.8. The van der Waals surface area contributed by atoms with Gasteiger partial charge in [-0.15, -0.1) is 0 Å². The van der Waals surface area contributed by atoms with Crippen LogP contribution in [0.5, 0.6) is 11.5 Å². The molecule has 0 bridgehead atoms. The molecule has 154 valence electrons. The minimum atomic E-state index is 0.508. The summed E-state index contributed by atoms with van der Waals surface area (Å²) >= 11 is 0. The maximum absolute atomic E-state index is 6.17. The van der Waals surface area contributed by atoms with Gasteiger partial charge in [-0.1, -0.05) is 54.1 Å². The number of H-pyrrole nitrogens is 1. The van der Waals surface area contributed by atoms with E-state index in [0.29, 0.717) is 13.2 Å². The summed E-state index contributed by atoms with van der Waals surface area (Å²) in [4.78, 5) is 8.00. The van der Waals surface area contributed by atoms with Crippen molar-refractivity contribution in [2.24, 2.45) is 0 Å². The molecule has 4 aromatic rings. The number of hydrogen-bond acceptors (Lipinski definition) is 4. The Morgan fingerprint density at radius 1 is 1.00 bits per heavy atom. The fraction of sp³-hybridized carbons (Fsp3) is 0.240. The SMILES string of the molecule is COc1cccc(CNCCc2nc3ccccc3[nH]2)c1OCc1cccc(C)c1. The molecule has 0 radical (unpaired) electrons. The molecule has 1 aromatic heterocycles. The van der Waals surface area contributed by atoms with Gasteiger partial charge in [0, 0.05) is 25.1 Å². The molecule has 0 aliphatic heterocycles. The van der Waals surface area contributed by atoms with Crippen LogP contribution in [0.15, 0.2) is 66.7 Å². The summed E-state index contributed by atoms with van der Waals surface area (Å²) in [5.41, 5.74) is 5.53. The van der Waals surface area contributed by atoms with Gasteiger partial charge in [-0.05, 0) is 30.7 Å². The normalized spacial score (nSPS) is 11.0. The molecule has 0 amide bonds. The predicted octanol–water partition coefficient (Wildman–Crippen LogP) is 4.79. The van der Waals surface area contributed by atoms with E-state index in [1.165, 1.54) is 5.56 Å². The number of imidazole rings is 1. The van der Waals surface area contributed by atoms with Crippen molar-refractivity contribution in [2.45, 2.75) is 26.5 Å². The molecule has 5 nitrogen and oxygen atoms in total. The van der Waals surface area contributed by atoms with Gasteiger partial charge in [-0.2, -0.15) is 0 Å². The van der Waals surface area contributed by atoms with E-state index in [4.69, 9.17) is 9.47 Å². The van der Waals surface area contributed by atoms with Crippen LogP contribution in [0.1, 0.15) is 22.5 Å². The maximum Gasteiger partial charge on any atom is 0.166 e. The van der Waals surface area contributed by atoms with Gasteiger partial charge in [0.05, 0.1) is 18.1 Å². The summed E-state index contributed by atoms with van der Waals surface area (Å²) < 4.78 is 11.7. The number of hydrogen-bond donors (Lipinski definition) is 2. The highest BCUT2D eigenvalue weighted by molar-refractivity contribution is 5.74. The number of ether oxygens (including phenoxy) is 2. The van der Waals surface area contributed by atoms with Gasteiger partial charge in [0.2, 0.25) is 0 Å². The molecule has 4 rings (SSSR count). The van der Waals surface area contributed by atoms with Crippen molar-refractivity contribution in [3.05, 3.63) is 89.2 Å². The van der Waals surface area contributed by atoms with Gasteiger partial charge >= 0.3 is 0 Å². The summed E-state index contributed by atoms with van der Waals surface area (Å²) in [6.07, 6.45) is 0.831. The third kappa shape index (κ3) is 4.81. The molecular formula is C25H27N3O2. The minimum Gasteiger partial charge on any atom is -0.493 e. The molecule has 0 aliphatic carbocycles. The monoisotopic (exact) mass is 401 g/mol. The largest absolute Gasteiger partial charge is 0.493 e. The van der Waals surface area contributed by atoms with Crippen LogP contribution in [0, 0.1) is 6.92 Å². The van der Waals surface area contributed by atoms with Crippen molar-refractivity contribution in [2.75, 3.05) is 13.7 Å². The topological polar surface area (TPSA) is 59.2 Å². The standard InChI is InChI=1S/C25H27N3O2/c1-18-7-5-8-19(15-18)17-30-25-20(9-6-12-23(25)29-2)16-26-14-13-24-27-21-10-3-4-11-22(21)28-24/h3-12,15,26H,13-14,16-17H2,1-2H3,(H,27,28). The van der Waals surface area contributed by atoms with E-state index < -0.39 is 0 Å². The van der Waals surface area contributed by atoms with Crippen LogP contribution in [0.25, 0.3) is 11.0 Å². The van der Waals surface area contributed by atoms with E-state index in [0.717, 1.165) is 52.4 Å². The number of para-hydroxylation sites is 3. The van der Waals surface area contributed by atoms with Crippen molar-refractivity contribution in [1.29, 1.82) is 0 Å². The molecule has 5 heteroatoms. The smallest absolute Gasteiger partial charge is 0.166 e. The van der Waals surface area contributed by atoms with Crippen molar-refractivity contribution >= 4 is 11.0 Å². The van der Waals surface area contributed by atoms with Crippen molar-refractivity contribution in [3.63, 3.8) is 0 Å². The summed E-state index contributed by atoms with van der Waals surface area (Å²) in [7, 11) is 1.67. The third-order valence-electron chi connectivity index (χ3n) is 5.04. The number of benzene rings is 3. The fourth-order valence-corrected chi connectivity index (χ4v) is 3.54. The number of aryl methyl sites for hydroxylation is 1. The van der Waals surface area contributed by atoms with E-state index in [1.807, 2.05) is 36.4 Å². The second-order valence-electron chi connectivity index (χ2n) is 7.35. The molecular weight excluding hydrogens is 374 g/mol. The van der Waals surface area contributed by atoms with E-state index in [9.17, 15) is 0 Å². The molecule has 0 atom stereocenters. The Balaban J connectivity index is 1.38. The highest BCUT2D eigenvalue weighted by Crippen LogP contribution is 2.31. The average molecular weight is 402 g/mol. The lowest BCUT2D eigenvalue weighted by molar-refractivity contribution is 0.280. The molecule has 2 N–H and O–H groups in total. The van der Waals surface area contributed by atoms with E-state index >= 15 is 0 Å². The fourth-order valence-electron chi connectivity index (χ4n) is 3.54. The van der Waals surface area contributed by atoms with Crippen molar-refractivity contribution < 1.29 is 9.47 Å². The first-order valence-corrected chi connectivity index (χ1v) is 10.2. The van der Waals surface area contributed by atoms with Crippen LogP contribution in [0.2, 0.25) is 0 Å². The molecule has 3 aromatic carbocycles. The van der Waals surface area contributed by atoms with Gasteiger partial charge in [-0.25, -0.2) is 4.98 Å². The number of nitrogens with zero attached hydrogens (tertiary/aromatic N) is 1. The minimum absolute atomic E-state index is 0.508. The highest BCUT2D eigenvalue weighted by Gasteiger charge is 2.11. The number of rotatable bonds is 9. The highest BCUT2D eigenvalue weighted by atomic mass is 16.5. The van der Waals surface area contributed by atoms with Crippen molar-refractivity contribution in [3.8, 4) is 11.5 Å². The molecule has 0 spiro atoms. The van der Waals surface area contributed by atoms with Crippen LogP contribution in [0.3, 0.4) is 0 Å². The molecule has 0 saturated carbocycles. The second kappa shape index (κ2) is 9.46. The zero-order valence-corrected chi connectivity index (χ0v) is 17.4. The number of aromatic nitrogens is 2.